The molecular weight excluding hydrogens is 396 g/mol. The lowest BCUT2D eigenvalue weighted by Crippen LogP contribution is -2.01. The largest absolute Gasteiger partial charge is 0.260 e. The van der Waals surface area contributed by atoms with Gasteiger partial charge in [-0.05, 0) is 25.7 Å². The second-order valence-corrected chi connectivity index (χ2v) is 8.40. The van der Waals surface area contributed by atoms with Crippen molar-refractivity contribution in [2.24, 2.45) is 10.2 Å². The summed E-state index contributed by atoms with van der Waals surface area (Å²) in [6.45, 7) is 4.50. The Hall–Kier alpha value is -2.50. The second kappa shape index (κ2) is 17.1. The van der Waals surface area contributed by atoms with Crippen LogP contribution in [-0.2, 0) is 0 Å². The number of hydrazone groups is 2. The average molecular weight is 439 g/mol. The molecule has 0 saturated heterocycles. The minimum atomic E-state index is 0.668. The maximum Gasteiger partial charge on any atom is 0.176 e. The highest BCUT2D eigenvalue weighted by Crippen LogP contribution is 2.25. The molecule has 0 aliphatic heterocycles. The van der Waals surface area contributed by atoms with Gasteiger partial charge in [-0.3, -0.25) is 10.9 Å². The van der Waals surface area contributed by atoms with Crippen molar-refractivity contribution in [2.45, 2.75) is 104 Å². The van der Waals surface area contributed by atoms with E-state index in [4.69, 9.17) is 0 Å². The van der Waals surface area contributed by atoms with Crippen molar-refractivity contribution in [3.63, 3.8) is 0 Å². The maximum atomic E-state index is 4.35. The number of unbranched alkanes of at least 4 members (excludes halogenated alkanes) is 12. The van der Waals surface area contributed by atoms with Gasteiger partial charge in [0.1, 0.15) is 0 Å². The summed E-state index contributed by atoms with van der Waals surface area (Å²) in [7, 11) is 0. The fourth-order valence-corrected chi connectivity index (χ4v) is 3.64. The van der Waals surface area contributed by atoms with E-state index in [1.807, 2.05) is 36.7 Å². The van der Waals surface area contributed by atoms with E-state index in [-0.39, 0.29) is 0 Å². The van der Waals surface area contributed by atoms with Gasteiger partial charge in [0, 0.05) is 23.2 Å². The SMILES string of the molecule is CCCCCCCC/C=N\Nc1nnc(N/N=C\CCCCCCCC)c2ccccc12. The number of fused-ring (bicyclic) bond motifs is 1. The van der Waals surface area contributed by atoms with Gasteiger partial charge in [-0.25, -0.2) is 0 Å². The summed E-state index contributed by atoms with van der Waals surface area (Å²) in [4.78, 5) is 0. The van der Waals surface area contributed by atoms with Crippen molar-refractivity contribution in [2.75, 3.05) is 10.9 Å². The van der Waals surface area contributed by atoms with Crippen LogP contribution in [0.2, 0.25) is 0 Å². The number of benzene rings is 1. The Kier molecular flexibility index (Phi) is 13.8. The predicted octanol–water partition coefficient (Wildman–Crippen LogP) is 7.93. The van der Waals surface area contributed by atoms with Crippen LogP contribution in [0.1, 0.15) is 104 Å². The van der Waals surface area contributed by atoms with E-state index >= 15 is 0 Å². The molecule has 6 heteroatoms. The maximum absolute atomic E-state index is 4.35. The molecule has 1 heterocycles. The Labute approximate surface area is 194 Å². The highest BCUT2D eigenvalue weighted by atomic mass is 15.4. The van der Waals surface area contributed by atoms with Crippen LogP contribution in [0, 0.1) is 0 Å². The van der Waals surface area contributed by atoms with Gasteiger partial charge in [-0.2, -0.15) is 10.2 Å². The first-order chi connectivity index (χ1) is 15.9. The molecule has 2 aromatic rings. The average Bonchev–Trinajstić information content (AvgIpc) is 2.82. The molecule has 0 aliphatic carbocycles. The third-order valence-corrected chi connectivity index (χ3v) is 5.58. The summed E-state index contributed by atoms with van der Waals surface area (Å²) < 4.78 is 0. The highest BCUT2D eigenvalue weighted by molar-refractivity contribution is 5.98. The van der Waals surface area contributed by atoms with E-state index in [1.165, 1.54) is 77.0 Å². The molecule has 1 aromatic heterocycles. The molecule has 0 radical (unpaired) electrons. The highest BCUT2D eigenvalue weighted by Gasteiger charge is 2.07. The minimum absolute atomic E-state index is 0.668. The van der Waals surface area contributed by atoms with E-state index in [0.29, 0.717) is 11.6 Å². The number of nitrogens with zero attached hydrogens (tertiary/aromatic N) is 4. The third-order valence-electron chi connectivity index (χ3n) is 5.58. The summed E-state index contributed by atoms with van der Waals surface area (Å²) in [5.41, 5.74) is 6.12. The number of rotatable bonds is 18. The molecule has 0 spiro atoms. The normalized spacial score (nSPS) is 11.7. The zero-order valence-electron chi connectivity index (χ0n) is 20.2. The van der Waals surface area contributed by atoms with Gasteiger partial charge in [-0.15, -0.1) is 10.2 Å². The van der Waals surface area contributed by atoms with Gasteiger partial charge in [0.2, 0.25) is 0 Å². The molecule has 0 unspecified atom stereocenters. The first-order valence-electron chi connectivity index (χ1n) is 12.7. The zero-order chi connectivity index (χ0) is 22.7. The predicted molar refractivity (Wildman–Crippen MR) is 140 cm³/mol. The fourth-order valence-electron chi connectivity index (χ4n) is 3.64. The summed E-state index contributed by atoms with van der Waals surface area (Å²) >= 11 is 0. The number of nitrogens with one attached hydrogen (secondary N) is 2. The van der Waals surface area contributed by atoms with E-state index in [0.717, 1.165) is 23.6 Å². The van der Waals surface area contributed by atoms with Crippen molar-refractivity contribution in [1.82, 2.24) is 10.2 Å². The molecule has 2 rings (SSSR count). The van der Waals surface area contributed by atoms with E-state index < -0.39 is 0 Å². The molecule has 6 nitrogen and oxygen atoms in total. The minimum Gasteiger partial charge on any atom is -0.260 e. The molecule has 0 saturated carbocycles. The molecule has 0 bridgehead atoms. The van der Waals surface area contributed by atoms with E-state index in [2.05, 4.69) is 45.1 Å². The molecule has 0 aliphatic rings. The standard InChI is InChI=1S/C26H42N6/c1-3-5-7-9-11-13-17-21-27-29-25-23-19-15-16-20-24(23)26(32-31-25)30-28-22-18-14-12-10-8-6-4-2/h15-16,19-22H,3-14,17-18H2,1-2H3,(H,29,31)(H,30,32)/b27-21-,28-22-. The van der Waals surface area contributed by atoms with Crippen LogP contribution in [0.25, 0.3) is 10.8 Å². The molecular formula is C26H42N6. The van der Waals surface area contributed by atoms with Crippen molar-refractivity contribution in [3.8, 4) is 0 Å². The summed E-state index contributed by atoms with van der Waals surface area (Å²) in [6, 6.07) is 8.06. The van der Waals surface area contributed by atoms with Crippen LogP contribution in [0.5, 0.6) is 0 Å². The van der Waals surface area contributed by atoms with Gasteiger partial charge in [0.25, 0.3) is 0 Å². The number of anilines is 2. The molecule has 0 fully saturated rings. The third kappa shape index (κ3) is 10.2. The van der Waals surface area contributed by atoms with Crippen molar-refractivity contribution in [1.29, 1.82) is 0 Å². The second-order valence-electron chi connectivity index (χ2n) is 8.40. The molecule has 176 valence electrons. The van der Waals surface area contributed by atoms with Gasteiger partial charge in [-0.1, -0.05) is 102 Å². The van der Waals surface area contributed by atoms with Gasteiger partial charge in [0.15, 0.2) is 11.6 Å². The molecule has 0 atom stereocenters. The molecule has 2 N–H and O–H groups in total. The molecule has 0 amide bonds. The fraction of sp³-hybridized carbons (Fsp3) is 0.615. The van der Waals surface area contributed by atoms with Crippen LogP contribution in [0.3, 0.4) is 0 Å². The topological polar surface area (TPSA) is 74.6 Å². The van der Waals surface area contributed by atoms with Gasteiger partial charge < -0.3 is 0 Å². The van der Waals surface area contributed by atoms with Crippen LogP contribution >= 0.6 is 0 Å². The van der Waals surface area contributed by atoms with Crippen LogP contribution in [0.15, 0.2) is 34.5 Å². The zero-order valence-corrected chi connectivity index (χ0v) is 20.2. The summed E-state index contributed by atoms with van der Waals surface area (Å²) in [5, 5.41) is 19.3. The van der Waals surface area contributed by atoms with Crippen LogP contribution < -0.4 is 10.9 Å². The monoisotopic (exact) mass is 438 g/mol. The van der Waals surface area contributed by atoms with Crippen molar-refractivity contribution in [3.05, 3.63) is 24.3 Å². The molecule has 32 heavy (non-hydrogen) atoms. The lowest BCUT2D eigenvalue weighted by atomic mass is 10.1. The number of aromatic nitrogens is 2. The quantitative estimate of drug-likeness (QED) is 0.141. The van der Waals surface area contributed by atoms with Crippen molar-refractivity contribution >= 4 is 34.8 Å². The van der Waals surface area contributed by atoms with Crippen LogP contribution in [0.4, 0.5) is 11.6 Å². The first-order valence-corrected chi connectivity index (χ1v) is 12.7. The van der Waals surface area contributed by atoms with Gasteiger partial charge in [0.05, 0.1) is 0 Å². The lowest BCUT2D eigenvalue weighted by Gasteiger charge is -2.08. The first kappa shape index (κ1) is 25.8. The van der Waals surface area contributed by atoms with Crippen molar-refractivity contribution < 1.29 is 0 Å². The number of hydrogen-bond donors (Lipinski definition) is 2. The van der Waals surface area contributed by atoms with E-state index in [1.54, 1.807) is 0 Å². The number of hydrogen-bond acceptors (Lipinski definition) is 6. The summed E-state index contributed by atoms with van der Waals surface area (Å²) in [5.74, 6) is 1.34. The Balaban J connectivity index is 1.79. The van der Waals surface area contributed by atoms with Gasteiger partial charge >= 0.3 is 0 Å². The lowest BCUT2D eigenvalue weighted by molar-refractivity contribution is 0.616. The Morgan fingerprint density at radius 1 is 0.625 bits per heavy atom. The Morgan fingerprint density at radius 2 is 1.03 bits per heavy atom. The van der Waals surface area contributed by atoms with Crippen LogP contribution in [-0.4, -0.2) is 22.6 Å². The Bertz CT molecular complexity index is 736. The Morgan fingerprint density at radius 3 is 1.47 bits per heavy atom. The molecule has 1 aromatic carbocycles. The van der Waals surface area contributed by atoms with E-state index in [9.17, 15) is 0 Å². The smallest absolute Gasteiger partial charge is 0.176 e. The summed E-state index contributed by atoms with van der Waals surface area (Å²) in [6.07, 6.45) is 21.4.